The second kappa shape index (κ2) is 10.3. The molecular weight excluding hydrogens is 348 g/mol. The van der Waals surface area contributed by atoms with Crippen LogP contribution in [0.5, 0.6) is 0 Å². The molecule has 2 bridgehead atoms. The monoisotopic (exact) mass is 380 g/mol. The molecule has 1 unspecified atom stereocenters. The molecular formula is C24H32N2O2. The van der Waals surface area contributed by atoms with Crippen molar-refractivity contribution < 1.29 is 9.90 Å². The molecule has 28 heavy (non-hydrogen) atoms. The van der Waals surface area contributed by atoms with Gasteiger partial charge in [-0.3, -0.25) is 0 Å². The molecule has 3 saturated heterocycles. The third-order valence-electron chi connectivity index (χ3n) is 6.05. The summed E-state index contributed by atoms with van der Waals surface area (Å²) in [6.07, 6.45) is 2.96. The molecule has 0 spiro atoms. The van der Waals surface area contributed by atoms with Gasteiger partial charge in [0.1, 0.15) is 0 Å². The van der Waals surface area contributed by atoms with Crippen molar-refractivity contribution in [2.75, 3.05) is 26.2 Å². The lowest BCUT2D eigenvalue weighted by atomic mass is 9.80. The van der Waals surface area contributed by atoms with Crippen LogP contribution in [0, 0.1) is 11.8 Å². The maximum atomic E-state index is 10.7. The van der Waals surface area contributed by atoms with Crippen molar-refractivity contribution in [2.24, 2.45) is 11.8 Å². The predicted molar refractivity (Wildman–Crippen MR) is 113 cm³/mol. The summed E-state index contributed by atoms with van der Waals surface area (Å²) >= 11 is 0. The quantitative estimate of drug-likeness (QED) is 0.717. The normalized spacial score (nSPS) is 24.8. The zero-order valence-electron chi connectivity index (χ0n) is 16.8. The fourth-order valence-electron chi connectivity index (χ4n) is 4.30. The predicted octanol–water partition coefficient (Wildman–Crippen LogP) is 4.76. The van der Waals surface area contributed by atoms with Crippen molar-refractivity contribution in [2.45, 2.75) is 32.7 Å². The molecule has 4 aliphatic rings. The highest BCUT2D eigenvalue weighted by atomic mass is 16.4. The van der Waals surface area contributed by atoms with E-state index in [-0.39, 0.29) is 0 Å². The van der Waals surface area contributed by atoms with E-state index < -0.39 is 6.09 Å². The largest absolute Gasteiger partial charge is 0.465 e. The van der Waals surface area contributed by atoms with Gasteiger partial charge in [-0.25, -0.2) is 4.79 Å². The van der Waals surface area contributed by atoms with Gasteiger partial charge in [-0.15, -0.1) is 0 Å². The van der Waals surface area contributed by atoms with E-state index in [0.29, 0.717) is 13.1 Å². The zero-order valence-corrected chi connectivity index (χ0v) is 16.8. The van der Waals surface area contributed by atoms with Gasteiger partial charge in [0.15, 0.2) is 0 Å². The molecule has 0 saturated carbocycles. The van der Waals surface area contributed by atoms with Gasteiger partial charge in [-0.2, -0.15) is 0 Å². The number of piperidine rings is 3. The minimum atomic E-state index is -0.825. The summed E-state index contributed by atoms with van der Waals surface area (Å²) in [5, 5.41) is 8.79. The summed E-state index contributed by atoms with van der Waals surface area (Å²) in [7, 11) is 0. The lowest BCUT2D eigenvalue weighted by Gasteiger charge is -2.43. The van der Waals surface area contributed by atoms with Crippen LogP contribution in [0.15, 0.2) is 60.7 Å². The fraction of sp³-hybridized carbons (Fsp3) is 0.458. The molecule has 3 fully saturated rings. The number of nitrogens with zero attached hydrogens (tertiary/aromatic N) is 2. The molecule has 4 heteroatoms. The lowest BCUT2D eigenvalue weighted by Crippen LogP contribution is -2.46. The molecule has 0 aliphatic carbocycles. The van der Waals surface area contributed by atoms with E-state index in [1.807, 2.05) is 54.6 Å². The smallest absolute Gasteiger partial charge is 0.407 e. The minimum absolute atomic E-state index is 0.533. The van der Waals surface area contributed by atoms with Gasteiger partial charge < -0.3 is 14.9 Å². The summed E-state index contributed by atoms with van der Waals surface area (Å²) in [5.41, 5.74) is 2.41. The molecule has 0 aromatic heterocycles. The Morgan fingerprint density at radius 3 is 1.89 bits per heavy atom. The standard InChI is InChI=1S/C10H11NO2.C8H15N.C6H6/c12-10(13)11-6-5-8-3-1-2-4-9(8)7-11;1-7-6-9-4-2-8(7)3-5-9;1-2-4-6-5-3-1/h1-4H,5-7H2,(H,12,13);7-8H,2-6H2,1H3;1-6H. The average molecular weight is 381 g/mol. The van der Waals surface area contributed by atoms with Gasteiger partial charge in [-0.05, 0) is 55.3 Å². The van der Waals surface area contributed by atoms with E-state index in [2.05, 4.69) is 17.9 Å². The van der Waals surface area contributed by atoms with Gasteiger partial charge >= 0.3 is 6.09 Å². The number of rotatable bonds is 0. The van der Waals surface area contributed by atoms with E-state index in [9.17, 15) is 4.79 Å². The van der Waals surface area contributed by atoms with Gasteiger partial charge in [-0.1, -0.05) is 67.6 Å². The van der Waals surface area contributed by atoms with Crippen LogP contribution in [0.25, 0.3) is 0 Å². The summed E-state index contributed by atoms with van der Waals surface area (Å²) in [5.74, 6) is 2.07. The Hall–Kier alpha value is -2.33. The van der Waals surface area contributed by atoms with E-state index in [0.717, 1.165) is 23.8 Å². The van der Waals surface area contributed by atoms with Gasteiger partial charge in [0.2, 0.25) is 0 Å². The maximum absolute atomic E-state index is 10.7. The summed E-state index contributed by atoms with van der Waals surface area (Å²) in [4.78, 5) is 14.7. The van der Waals surface area contributed by atoms with Crippen molar-refractivity contribution in [1.29, 1.82) is 0 Å². The molecule has 150 valence electrons. The zero-order chi connectivity index (χ0) is 19.8. The van der Waals surface area contributed by atoms with E-state index in [4.69, 9.17) is 5.11 Å². The molecule has 1 atom stereocenters. The third kappa shape index (κ3) is 5.83. The van der Waals surface area contributed by atoms with Crippen LogP contribution in [-0.4, -0.2) is 47.2 Å². The van der Waals surface area contributed by atoms with Crippen molar-refractivity contribution in [1.82, 2.24) is 9.80 Å². The first kappa shape index (κ1) is 20.4. The number of amides is 1. The first-order valence-electron chi connectivity index (χ1n) is 10.4. The second-order valence-corrected chi connectivity index (χ2v) is 7.99. The van der Waals surface area contributed by atoms with E-state index >= 15 is 0 Å². The maximum Gasteiger partial charge on any atom is 0.407 e. The first-order valence-corrected chi connectivity index (χ1v) is 10.4. The molecule has 0 radical (unpaired) electrons. The first-order chi connectivity index (χ1) is 13.6. The Morgan fingerprint density at radius 2 is 1.46 bits per heavy atom. The summed E-state index contributed by atoms with van der Waals surface area (Å²) in [6, 6.07) is 20.0. The van der Waals surface area contributed by atoms with Crippen molar-refractivity contribution in [3.8, 4) is 0 Å². The molecule has 1 amide bonds. The van der Waals surface area contributed by atoms with Crippen molar-refractivity contribution >= 4 is 6.09 Å². The molecule has 2 aromatic carbocycles. The van der Waals surface area contributed by atoms with Gasteiger partial charge in [0.25, 0.3) is 0 Å². The molecule has 6 rings (SSSR count). The highest BCUT2D eigenvalue weighted by Gasteiger charge is 2.30. The summed E-state index contributed by atoms with van der Waals surface area (Å²) in [6.45, 7) is 7.70. The Kier molecular flexibility index (Phi) is 7.49. The number of fused-ring (bicyclic) bond motifs is 4. The molecule has 4 aliphatic heterocycles. The van der Waals surface area contributed by atoms with Gasteiger partial charge in [0, 0.05) is 19.6 Å². The Morgan fingerprint density at radius 1 is 0.893 bits per heavy atom. The Bertz CT molecular complexity index is 700. The number of benzene rings is 2. The Balaban J connectivity index is 0.000000130. The number of carbonyl (C=O) groups is 1. The van der Waals surface area contributed by atoms with Crippen LogP contribution in [-0.2, 0) is 13.0 Å². The van der Waals surface area contributed by atoms with Crippen LogP contribution >= 0.6 is 0 Å². The fourth-order valence-corrected chi connectivity index (χ4v) is 4.30. The topological polar surface area (TPSA) is 43.8 Å². The number of carboxylic acid groups (broad SMARTS) is 1. The van der Waals surface area contributed by atoms with Crippen LogP contribution in [0.2, 0.25) is 0 Å². The van der Waals surface area contributed by atoms with Crippen molar-refractivity contribution in [3.63, 3.8) is 0 Å². The molecule has 4 heterocycles. The lowest BCUT2D eigenvalue weighted by molar-refractivity contribution is 0.0603. The number of hydrogen-bond acceptors (Lipinski definition) is 2. The van der Waals surface area contributed by atoms with Crippen LogP contribution in [0.4, 0.5) is 4.79 Å². The Labute approximate surface area is 168 Å². The minimum Gasteiger partial charge on any atom is -0.465 e. The molecule has 1 N–H and O–H groups in total. The number of hydrogen-bond donors (Lipinski definition) is 1. The van der Waals surface area contributed by atoms with Crippen LogP contribution in [0.1, 0.15) is 30.9 Å². The highest BCUT2D eigenvalue weighted by Crippen LogP contribution is 2.31. The molecule has 4 nitrogen and oxygen atoms in total. The summed E-state index contributed by atoms with van der Waals surface area (Å²) < 4.78 is 0. The average Bonchev–Trinajstić information content (AvgIpc) is 2.76. The highest BCUT2D eigenvalue weighted by molar-refractivity contribution is 5.65. The second-order valence-electron chi connectivity index (χ2n) is 7.99. The van der Waals surface area contributed by atoms with E-state index in [1.54, 1.807) is 0 Å². The van der Waals surface area contributed by atoms with Crippen LogP contribution < -0.4 is 0 Å². The van der Waals surface area contributed by atoms with Crippen LogP contribution in [0.3, 0.4) is 0 Å². The van der Waals surface area contributed by atoms with Crippen molar-refractivity contribution in [3.05, 3.63) is 71.8 Å². The third-order valence-corrected chi connectivity index (χ3v) is 6.05. The molecule has 2 aromatic rings. The van der Waals surface area contributed by atoms with E-state index in [1.165, 1.54) is 42.9 Å². The van der Waals surface area contributed by atoms with Gasteiger partial charge in [0.05, 0.1) is 0 Å². The SMILES string of the molecule is CC1CN2CCC1CC2.O=C(O)N1CCc2ccccc2C1.c1ccccc1.